The lowest BCUT2D eigenvalue weighted by Crippen LogP contribution is -2.31. The minimum Gasteiger partial charge on any atom is -0.481 e. The summed E-state index contributed by atoms with van der Waals surface area (Å²) in [6.45, 7) is 38.7. The minimum atomic E-state index is -0.882. The van der Waals surface area contributed by atoms with Gasteiger partial charge in [0.25, 0.3) is 0 Å². The molecule has 14 N–H and O–H groups in total. The van der Waals surface area contributed by atoms with Gasteiger partial charge in [0.05, 0.1) is 13.0 Å². The SMILES string of the molecule is CC(=O)C(CC(=O)NO)CC(C)C.CCC(=O)C(CC(=O)NO)CC(C)C.CCC(=O)C(CC(=O)NO)CC(C)C.CCC(=O)C(CC(=O)NO)CC(C)C.CCC(=O)C(CC(=O)NO)CC(C)C.CCC(=O)C(CC(=O)O)CC(C)C.CNCC(=O)C(CC(=O)NO)CC(C)C. The number of hydroxylamine groups is 6. The van der Waals surface area contributed by atoms with Crippen LogP contribution in [0.2, 0.25) is 0 Å². The van der Waals surface area contributed by atoms with Crippen LogP contribution in [-0.2, 0) is 67.1 Å². The van der Waals surface area contributed by atoms with E-state index in [1.54, 1.807) is 69.1 Å². The lowest BCUT2D eigenvalue weighted by Gasteiger charge is -2.16. The standard InChI is InChI=1S/C10H20N2O3.4C10H19NO3.C10H18O3.C9H17NO3/c1-7(2)4-8(5-10(14)12-15)9(13)6-11-3;4*1-4-9(12)8(5-7(2)3)6-10(13)11-14;1-4-9(11)8(5-7(2)3)6-10(12)13;1-6(2)4-8(7(3)11)5-9(12)10-13/h7-8,11,15H,4-6H2,1-3H3,(H,12,14);4*7-8,14H,4-6H2,1-3H3,(H,11,13);7-8H,4-6H2,1-3H3,(H,12,13);6,8,13H,4-5H2,1-3H3,(H,10,12). The average Bonchev–Trinajstić information content (AvgIpc) is 1.60. The fourth-order valence-corrected chi connectivity index (χ4v) is 9.94. The number of likely N-dealkylation sites (N-methyl/N-ethyl adjacent to an activating group) is 1. The predicted molar refractivity (Wildman–Crippen MR) is 366 cm³/mol. The summed E-state index contributed by atoms with van der Waals surface area (Å²) in [5.74, 6) is -2.73. The molecule has 0 aromatic carbocycles. The van der Waals surface area contributed by atoms with E-state index in [9.17, 15) is 67.1 Å². The van der Waals surface area contributed by atoms with E-state index in [4.69, 9.17) is 36.4 Å². The van der Waals surface area contributed by atoms with Crippen LogP contribution in [0.1, 0.15) is 260 Å². The summed E-state index contributed by atoms with van der Waals surface area (Å²) in [5, 5.41) is 61.5. The summed E-state index contributed by atoms with van der Waals surface area (Å²) >= 11 is 0. The van der Waals surface area contributed by atoms with Crippen LogP contribution in [0.15, 0.2) is 0 Å². The van der Waals surface area contributed by atoms with E-state index in [-0.39, 0.29) is 133 Å². The number of carbonyl (C=O) groups excluding carboxylic acids is 13. The summed E-state index contributed by atoms with van der Waals surface area (Å²) in [5.41, 5.74) is 9.31. The molecule has 0 heterocycles. The molecule has 0 saturated carbocycles. The monoisotopic (exact) mass is 1390 g/mol. The smallest absolute Gasteiger partial charge is 0.304 e. The maximum absolute atomic E-state index is 11.6. The third-order valence-electron chi connectivity index (χ3n) is 14.5. The number of amides is 6. The lowest BCUT2D eigenvalue weighted by atomic mass is 9.89. The first kappa shape index (κ1) is 104. The number of ketones is 7. The van der Waals surface area contributed by atoms with Crippen molar-refractivity contribution in [1.29, 1.82) is 0 Å². The summed E-state index contributed by atoms with van der Waals surface area (Å²) in [6, 6.07) is 0. The van der Waals surface area contributed by atoms with E-state index >= 15 is 0 Å². The second-order valence-corrected chi connectivity index (χ2v) is 27.0. The maximum Gasteiger partial charge on any atom is 0.304 e. The van der Waals surface area contributed by atoms with Crippen LogP contribution in [0.25, 0.3) is 0 Å². The van der Waals surface area contributed by atoms with E-state index in [0.717, 1.165) is 0 Å². The fourth-order valence-electron chi connectivity index (χ4n) is 9.94. The third-order valence-corrected chi connectivity index (χ3v) is 14.5. The van der Waals surface area contributed by atoms with Crippen LogP contribution in [0, 0.1) is 82.9 Å². The van der Waals surface area contributed by atoms with Gasteiger partial charge in [-0.05, 0) is 100 Å². The van der Waals surface area contributed by atoms with Crippen molar-refractivity contribution in [2.24, 2.45) is 82.9 Å². The molecule has 7 unspecified atom stereocenters. The Bertz CT molecular complexity index is 2080. The normalized spacial score (nSPS) is 12.7. The number of carboxylic acids is 1. The molecule has 0 aromatic rings. The molecule has 0 spiro atoms. The molecular formula is C69H131N7O21. The second kappa shape index (κ2) is 64.4. The van der Waals surface area contributed by atoms with Gasteiger partial charge in [0.1, 0.15) is 40.5 Å². The van der Waals surface area contributed by atoms with Crippen molar-refractivity contribution in [2.45, 2.75) is 260 Å². The Kier molecular flexibility index (Phi) is 69.1. The quantitative estimate of drug-likeness (QED) is 0.0200. The molecule has 6 amide bonds. The Morgan fingerprint density at radius 2 is 0.423 bits per heavy atom. The van der Waals surface area contributed by atoms with Gasteiger partial charge in [0, 0.05) is 112 Å². The summed E-state index contributed by atoms with van der Waals surface area (Å²) < 4.78 is 0. The molecule has 7 atom stereocenters. The highest BCUT2D eigenvalue weighted by Crippen LogP contribution is 2.23. The van der Waals surface area contributed by atoms with Gasteiger partial charge in [-0.2, -0.15) is 0 Å². The van der Waals surface area contributed by atoms with E-state index < -0.39 is 41.4 Å². The predicted octanol–water partition coefficient (Wildman–Crippen LogP) is 9.66. The van der Waals surface area contributed by atoms with Gasteiger partial charge in [-0.3, -0.25) is 98.4 Å². The lowest BCUT2D eigenvalue weighted by molar-refractivity contribution is -0.141. The van der Waals surface area contributed by atoms with Gasteiger partial charge in [-0.1, -0.05) is 132 Å². The van der Waals surface area contributed by atoms with Crippen molar-refractivity contribution in [3.05, 3.63) is 0 Å². The summed E-state index contributed by atoms with van der Waals surface area (Å²) in [4.78, 5) is 156. The molecule has 28 nitrogen and oxygen atoms in total. The molecule has 97 heavy (non-hydrogen) atoms. The first-order valence-corrected chi connectivity index (χ1v) is 34.1. The van der Waals surface area contributed by atoms with Crippen LogP contribution in [-0.4, -0.2) is 132 Å². The number of carboxylic acid groups (broad SMARTS) is 1. The van der Waals surface area contributed by atoms with Crippen LogP contribution < -0.4 is 38.2 Å². The summed E-state index contributed by atoms with van der Waals surface area (Å²) in [6.07, 6.45) is 7.44. The zero-order valence-electron chi connectivity index (χ0n) is 62.6. The topological polar surface area (TPSA) is 465 Å². The van der Waals surface area contributed by atoms with E-state index in [1.165, 1.54) is 12.4 Å². The van der Waals surface area contributed by atoms with Gasteiger partial charge in [0.15, 0.2) is 0 Å². The first-order chi connectivity index (χ1) is 45.0. The van der Waals surface area contributed by atoms with Crippen molar-refractivity contribution >= 4 is 81.9 Å². The molecule has 28 heteroatoms. The third kappa shape index (κ3) is 65.4. The average molecular weight is 1390 g/mol. The van der Waals surface area contributed by atoms with Gasteiger partial charge in [0.2, 0.25) is 35.4 Å². The van der Waals surface area contributed by atoms with E-state index in [0.29, 0.717) is 118 Å². The molecular weight excluding hydrogens is 1260 g/mol. The number of Topliss-reactive ketones (excluding diaryl/α,β-unsaturated/α-hetero) is 7. The van der Waals surface area contributed by atoms with Gasteiger partial charge in [-0.15, -0.1) is 0 Å². The zero-order valence-corrected chi connectivity index (χ0v) is 62.6. The highest BCUT2D eigenvalue weighted by Gasteiger charge is 2.27. The molecule has 0 radical (unpaired) electrons. The molecule has 0 bridgehead atoms. The van der Waals surface area contributed by atoms with Gasteiger partial charge >= 0.3 is 5.97 Å². The van der Waals surface area contributed by atoms with E-state index in [1.807, 2.05) is 96.9 Å². The Morgan fingerprint density at radius 3 is 0.557 bits per heavy atom. The van der Waals surface area contributed by atoms with Crippen molar-refractivity contribution in [3.8, 4) is 0 Å². The highest BCUT2D eigenvalue weighted by molar-refractivity contribution is 5.90. The maximum atomic E-state index is 11.6. The Morgan fingerprint density at radius 1 is 0.268 bits per heavy atom. The van der Waals surface area contributed by atoms with Crippen molar-refractivity contribution in [1.82, 2.24) is 38.2 Å². The summed E-state index contributed by atoms with van der Waals surface area (Å²) in [7, 11) is 1.69. The zero-order chi connectivity index (χ0) is 77.3. The second-order valence-electron chi connectivity index (χ2n) is 27.0. The first-order valence-electron chi connectivity index (χ1n) is 34.1. The number of hydrogen-bond acceptors (Lipinski definition) is 21. The number of rotatable bonds is 42. The van der Waals surface area contributed by atoms with Gasteiger partial charge in [-0.25, -0.2) is 32.9 Å². The van der Waals surface area contributed by atoms with Crippen LogP contribution >= 0.6 is 0 Å². The minimum absolute atomic E-state index is 0.00250. The molecule has 0 aliphatic rings. The van der Waals surface area contributed by atoms with Gasteiger partial charge < -0.3 is 10.4 Å². The highest BCUT2D eigenvalue weighted by atomic mass is 16.5. The molecule has 0 fully saturated rings. The Balaban J connectivity index is -0.000000195. The number of nitrogens with one attached hydrogen (secondary N) is 7. The number of aliphatic carboxylic acids is 1. The fraction of sp³-hybridized carbons (Fsp3) is 0.797. The molecule has 0 saturated heterocycles. The molecule has 0 aromatic heterocycles. The van der Waals surface area contributed by atoms with Crippen molar-refractivity contribution in [2.75, 3.05) is 13.6 Å². The van der Waals surface area contributed by atoms with Crippen LogP contribution in [0.3, 0.4) is 0 Å². The Labute approximate surface area is 578 Å². The van der Waals surface area contributed by atoms with Crippen LogP contribution in [0.4, 0.5) is 0 Å². The molecule has 0 aliphatic carbocycles. The van der Waals surface area contributed by atoms with Crippen LogP contribution in [0.5, 0.6) is 0 Å². The number of carbonyl (C=O) groups is 14. The molecule has 0 aliphatic heterocycles. The van der Waals surface area contributed by atoms with Crippen molar-refractivity contribution < 1.29 is 103 Å². The number of hydrogen-bond donors (Lipinski definition) is 14. The van der Waals surface area contributed by atoms with E-state index in [2.05, 4.69) is 5.32 Å². The molecule has 568 valence electrons. The largest absolute Gasteiger partial charge is 0.481 e. The Hall–Kier alpha value is -6.30. The van der Waals surface area contributed by atoms with Crippen molar-refractivity contribution in [3.63, 3.8) is 0 Å². The molecule has 0 rings (SSSR count).